The van der Waals surface area contributed by atoms with Gasteiger partial charge in [-0.3, -0.25) is 19.9 Å². The van der Waals surface area contributed by atoms with E-state index in [4.69, 9.17) is 0 Å². The second kappa shape index (κ2) is 5.97. The van der Waals surface area contributed by atoms with Crippen molar-refractivity contribution in [2.24, 2.45) is 0 Å². The second-order valence-electron chi connectivity index (χ2n) is 5.37. The van der Waals surface area contributed by atoms with E-state index in [1.807, 2.05) is 18.7 Å². The molecule has 0 spiro atoms. The Kier molecular flexibility index (Phi) is 4.46. The Labute approximate surface area is 131 Å². The maximum Gasteiger partial charge on any atom is 0.310 e. The van der Waals surface area contributed by atoms with Crippen LogP contribution in [0, 0.1) is 10.1 Å². The van der Waals surface area contributed by atoms with E-state index in [1.54, 1.807) is 17.2 Å². The van der Waals surface area contributed by atoms with Crippen molar-refractivity contribution in [1.29, 1.82) is 0 Å². The van der Waals surface area contributed by atoms with Crippen molar-refractivity contribution in [3.63, 3.8) is 0 Å². The molecule has 0 aliphatic carbocycles. The monoisotopic (exact) mass is 356 g/mol. The molecule has 0 unspecified atom stereocenters. The molecule has 0 atom stereocenters. The molecule has 0 aromatic carbocycles. The first-order valence-corrected chi connectivity index (χ1v) is 7.41. The van der Waals surface area contributed by atoms with Gasteiger partial charge < -0.3 is 9.80 Å². The minimum absolute atomic E-state index is 0.00176. The molecule has 0 N–H and O–H groups in total. The molecule has 1 aromatic rings. The summed E-state index contributed by atoms with van der Waals surface area (Å²) < 4.78 is -0.585. The molecule has 0 bridgehead atoms. The first-order chi connectivity index (χ1) is 9.80. The van der Waals surface area contributed by atoms with Gasteiger partial charge in [0.05, 0.1) is 9.25 Å². The summed E-state index contributed by atoms with van der Waals surface area (Å²) in [6.07, 6.45) is 2.80. The fourth-order valence-corrected chi connectivity index (χ4v) is 2.56. The molecule has 8 heteroatoms. The number of rotatable bonds is 3. The van der Waals surface area contributed by atoms with Gasteiger partial charge in [-0.1, -0.05) is 15.9 Å². The Morgan fingerprint density at radius 3 is 2.52 bits per heavy atom. The zero-order valence-electron chi connectivity index (χ0n) is 12.0. The number of nitro groups is 1. The average Bonchev–Trinajstić information content (AvgIpc) is 2.45. The smallest absolute Gasteiger partial charge is 0.310 e. The number of halogens is 1. The maximum atomic E-state index is 12.2. The van der Waals surface area contributed by atoms with Gasteiger partial charge in [0, 0.05) is 32.4 Å². The van der Waals surface area contributed by atoms with E-state index in [-0.39, 0.29) is 11.6 Å². The van der Waals surface area contributed by atoms with E-state index in [9.17, 15) is 14.9 Å². The molecule has 7 nitrogen and oxygen atoms in total. The summed E-state index contributed by atoms with van der Waals surface area (Å²) >= 11 is 3.37. The number of piperazine rings is 1. The van der Waals surface area contributed by atoms with Crippen LogP contribution in [0.15, 0.2) is 18.5 Å². The summed E-state index contributed by atoms with van der Waals surface area (Å²) in [4.78, 5) is 30.3. The third kappa shape index (κ3) is 3.49. The minimum atomic E-state index is -0.585. The molecule has 1 amide bonds. The van der Waals surface area contributed by atoms with Crippen LogP contribution in [0.5, 0.6) is 0 Å². The third-order valence-corrected chi connectivity index (χ3v) is 3.73. The predicted octanol–water partition coefficient (Wildman–Crippen LogP) is 1.81. The minimum Gasteiger partial charge on any atom is -0.362 e. The van der Waals surface area contributed by atoms with Crippen molar-refractivity contribution in [3.05, 3.63) is 28.6 Å². The Balaban J connectivity index is 2.09. The average molecular weight is 357 g/mol. The SMILES string of the molecule is CC(C)(Br)C(=O)N1CCN(c2ccncc2[N+](=O)[O-])CC1. The first-order valence-electron chi connectivity index (χ1n) is 6.62. The fourth-order valence-electron chi connectivity index (χ4n) is 2.31. The highest BCUT2D eigenvalue weighted by Crippen LogP contribution is 2.28. The highest BCUT2D eigenvalue weighted by atomic mass is 79.9. The zero-order valence-corrected chi connectivity index (χ0v) is 13.5. The molecule has 2 heterocycles. The summed E-state index contributed by atoms with van der Waals surface area (Å²) in [5.74, 6) is 0.0337. The van der Waals surface area contributed by atoms with E-state index in [0.717, 1.165) is 0 Å². The van der Waals surface area contributed by atoms with Gasteiger partial charge in [-0.2, -0.15) is 0 Å². The lowest BCUT2D eigenvalue weighted by Crippen LogP contribution is -2.52. The molecule has 114 valence electrons. The summed E-state index contributed by atoms with van der Waals surface area (Å²) in [6.45, 7) is 5.87. The first kappa shape index (κ1) is 15.7. The number of hydrogen-bond acceptors (Lipinski definition) is 5. The molecular formula is C13H17BrN4O3. The van der Waals surface area contributed by atoms with Crippen LogP contribution < -0.4 is 4.90 Å². The number of pyridine rings is 1. The summed E-state index contributed by atoms with van der Waals surface area (Å²) in [5.41, 5.74) is 0.554. The van der Waals surface area contributed by atoms with Crippen LogP contribution in [0.25, 0.3) is 0 Å². The predicted molar refractivity (Wildman–Crippen MR) is 82.7 cm³/mol. The third-order valence-electron chi connectivity index (χ3n) is 3.39. The Hall–Kier alpha value is -1.70. The van der Waals surface area contributed by atoms with Crippen molar-refractivity contribution in [2.45, 2.75) is 18.2 Å². The highest BCUT2D eigenvalue weighted by molar-refractivity contribution is 9.10. The van der Waals surface area contributed by atoms with Crippen LogP contribution in [0.2, 0.25) is 0 Å². The van der Waals surface area contributed by atoms with E-state index in [0.29, 0.717) is 31.9 Å². The number of amides is 1. The van der Waals surface area contributed by atoms with Gasteiger partial charge in [-0.05, 0) is 19.9 Å². The number of carbonyl (C=O) groups excluding carboxylic acids is 1. The van der Waals surface area contributed by atoms with Crippen molar-refractivity contribution < 1.29 is 9.72 Å². The van der Waals surface area contributed by atoms with E-state index in [1.165, 1.54) is 6.20 Å². The van der Waals surface area contributed by atoms with E-state index >= 15 is 0 Å². The van der Waals surface area contributed by atoms with Crippen LogP contribution >= 0.6 is 15.9 Å². The number of aromatic nitrogens is 1. The molecule has 0 saturated carbocycles. The number of nitrogens with zero attached hydrogens (tertiary/aromatic N) is 4. The molecule has 1 aliphatic rings. The summed E-state index contributed by atoms with van der Waals surface area (Å²) in [6, 6.07) is 1.64. The number of anilines is 1. The van der Waals surface area contributed by atoms with Gasteiger partial charge in [0.2, 0.25) is 5.91 Å². The Morgan fingerprint density at radius 2 is 2.00 bits per heavy atom. The quantitative estimate of drug-likeness (QED) is 0.468. The lowest BCUT2D eigenvalue weighted by molar-refractivity contribution is -0.384. The van der Waals surface area contributed by atoms with Crippen molar-refractivity contribution >= 4 is 33.2 Å². The lowest BCUT2D eigenvalue weighted by atomic mass is 10.1. The maximum absolute atomic E-state index is 12.2. The fraction of sp³-hybridized carbons (Fsp3) is 0.538. The number of alkyl halides is 1. The standard InChI is InChI=1S/C13H17BrN4O3/c1-13(2,14)12(19)17-7-5-16(6-8-17)10-3-4-15-9-11(10)18(20)21/h3-4,9H,5-8H2,1-2H3. The van der Waals surface area contributed by atoms with Crippen LogP contribution in [0.1, 0.15) is 13.8 Å². The van der Waals surface area contributed by atoms with E-state index in [2.05, 4.69) is 20.9 Å². The summed E-state index contributed by atoms with van der Waals surface area (Å²) in [5, 5.41) is 11.0. The number of hydrogen-bond donors (Lipinski definition) is 0. The van der Waals surface area contributed by atoms with Crippen molar-refractivity contribution in [2.75, 3.05) is 31.1 Å². The highest BCUT2D eigenvalue weighted by Gasteiger charge is 2.32. The molecule has 21 heavy (non-hydrogen) atoms. The van der Waals surface area contributed by atoms with Gasteiger partial charge in [0.15, 0.2) is 0 Å². The van der Waals surface area contributed by atoms with Gasteiger partial charge in [0.1, 0.15) is 11.9 Å². The molecule has 1 aliphatic heterocycles. The molecular weight excluding hydrogens is 340 g/mol. The van der Waals surface area contributed by atoms with Crippen LogP contribution in [0.4, 0.5) is 11.4 Å². The van der Waals surface area contributed by atoms with Crippen molar-refractivity contribution in [1.82, 2.24) is 9.88 Å². The normalized spacial score (nSPS) is 16.0. The molecule has 2 rings (SSSR count). The van der Waals surface area contributed by atoms with Gasteiger partial charge >= 0.3 is 5.69 Å². The zero-order chi connectivity index (χ0) is 15.6. The van der Waals surface area contributed by atoms with Gasteiger partial charge in [-0.25, -0.2) is 0 Å². The lowest BCUT2D eigenvalue weighted by Gasteiger charge is -2.37. The second-order valence-corrected chi connectivity index (χ2v) is 7.36. The van der Waals surface area contributed by atoms with Crippen molar-refractivity contribution in [3.8, 4) is 0 Å². The molecule has 1 fully saturated rings. The largest absolute Gasteiger partial charge is 0.362 e. The molecule has 0 radical (unpaired) electrons. The number of carbonyl (C=O) groups is 1. The van der Waals surface area contributed by atoms with Crippen LogP contribution in [0.3, 0.4) is 0 Å². The van der Waals surface area contributed by atoms with Gasteiger partial charge in [0.25, 0.3) is 0 Å². The summed E-state index contributed by atoms with van der Waals surface area (Å²) in [7, 11) is 0. The van der Waals surface area contributed by atoms with Gasteiger partial charge in [-0.15, -0.1) is 0 Å². The molecule has 1 aromatic heterocycles. The Bertz CT molecular complexity index is 551. The topological polar surface area (TPSA) is 79.6 Å². The van der Waals surface area contributed by atoms with Crippen LogP contribution in [-0.4, -0.2) is 51.2 Å². The Morgan fingerprint density at radius 1 is 1.38 bits per heavy atom. The van der Waals surface area contributed by atoms with E-state index < -0.39 is 9.25 Å². The molecule has 1 saturated heterocycles. The van der Waals surface area contributed by atoms with Crippen LogP contribution in [-0.2, 0) is 4.79 Å².